The number of carbonyl (C=O) groups is 1. The Bertz CT molecular complexity index is 1500. The summed E-state index contributed by atoms with van der Waals surface area (Å²) in [6.45, 7) is 0.739. The molecule has 0 spiro atoms. The van der Waals surface area contributed by atoms with Crippen molar-refractivity contribution in [3.8, 4) is 34.1 Å². The van der Waals surface area contributed by atoms with Crippen molar-refractivity contribution in [2.45, 2.75) is 0 Å². The molecular formula is C25H22N6O3S. The van der Waals surface area contributed by atoms with Gasteiger partial charge < -0.3 is 20.5 Å². The van der Waals surface area contributed by atoms with Crippen LogP contribution < -0.4 is 15.4 Å². The maximum absolute atomic E-state index is 12.3. The molecule has 0 unspecified atom stereocenters. The van der Waals surface area contributed by atoms with E-state index in [1.807, 2.05) is 46.3 Å². The number of aromatic nitrogens is 4. The average Bonchev–Trinajstić information content (AvgIpc) is 3.48. The zero-order valence-electron chi connectivity index (χ0n) is 18.8. The summed E-state index contributed by atoms with van der Waals surface area (Å²) in [4.78, 5) is 27.0. The number of imidazole rings is 1. The molecule has 5 aromatic rings. The summed E-state index contributed by atoms with van der Waals surface area (Å²) in [5.41, 5.74) is 3.53. The summed E-state index contributed by atoms with van der Waals surface area (Å²) in [5.74, 6) is 0.782. The molecule has 2 aromatic carbocycles. The van der Waals surface area contributed by atoms with Gasteiger partial charge in [0.1, 0.15) is 17.2 Å². The SMILES string of the molecule is COc1cccc(-c2nc3sccn3c2-c2ccnc(NCCNC(=O)c3ccccc3O)n2)c1. The lowest BCUT2D eigenvalue weighted by Gasteiger charge is -2.09. The van der Waals surface area contributed by atoms with Gasteiger partial charge in [0.2, 0.25) is 5.95 Å². The third-order valence-corrected chi connectivity index (χ3v) is 6.10. The van der Waals surface area contributed by atoms with Gasteiger partial charge in [-0.05, 0) is 30.3 Å². The zero-order chi connectivity index (χ0) is 24.2. The van der Waals surface area contributed by atoms with E-state index in [4.69, 9.17) is 14.7 Å². The van der Waals surface area contributed by atoms with E-state index >= 15 is 0 Å². The first-order valence-electron chi connectivity index (χ1n) is 10.9. The number of nitrogens with one attached hydrogen (secondary N) is 2. The van der Waals surface area contributed by atoms with Gasteiger partial charge in [0.25, 0.3) is 5.91 Å². The number of nitrogens with zero attached hydrogens (tertiary/aromatic N) is 4. The van der Waals surface area contributed by atoms with Crippen LogP contribution in [0.25, 0.3) is 27.6 Å². The molecule has 3 N–H and O–H groups in total. The Labute approximate surface area is 205 Å². The largest absolute Gasteiger partial charge is 0.507 e. The van der Waals surface area contributed by atoms with Crippen molar-refractivity contribution in [2.75, 3.05) is 25.5 Å². The van der Waals surface area contributed by atoms with Gasteiger partial charge in [-0.25, -0.2) is 15.0 Å². The van der Waals surface area contributed by atoms with Crippen molar-refractivity contribution < 1.29 is 14.6 Å². The predicted molar refractivity (Wildman–Crippen MR) is 135 cm³/mol. The number of carbonyl (C=O) groups excluding carboxylic acids is 1. The van der Waals surface area contributed by atoms with Gasteiger partial charge in [0, 0.05) is 36.4 Å². The molecule has 0 aliphatic carbocycles. The Hall–Kier alpha value is -4.44. The maximum Gasteiger partial charge on any atom is 0.255 e. The predicted octanol–water partition coefficient (Wildman–Crippen LogP) is 4.08. The lowest BCUT2D eigenvalue weighted by molar-refractivity contribution is 0.0952. The second kappa shape index (κ2) is 9.82. The Kier molecular flexibility index (Phi) is 6.27. The van der Waals surface area contributed by atoms with Crippen LogP contribution in [0.3, 0.4) is 0 Å². The molecular weight excluding hydrogens is 464 g/mol. The molecule has 35 heavy (non-hydrogen) atoms. The highest BCUT2D eigenvalue weighted by atomic mass is 32.1. The lowest BCUT2D eigenvalue weighted by atomic mass is 10.1. The van der Waals surface area contributed by atoms with Gasteiger partial charge in [-0.15, -0.1) is 11.3 Å². The third-order valence-electron chi connectivity index (χ3n) is 5.35. The van der Waals surface area contributed by atoms with Gasteiger partial charge >= 0.3 is 0 Å². The van der Waals surface area contributed by atoms with Crippen molar-refractivity contribution in [1.82, 2.24) is 24.7 Å². The van der Waals surface area contributed by atoms with E-state index < -0.39 is 0 Å². The van der Waals surface area contributed by atoms with Gasteiger partial charge in [-0.2, -0.15) is 0 Å². The van der Waals surface area contributed by atoms with Crippen molar-refractivity contribution in [1.29, 1.82) is 0 Å². The number of hydrogen-bond acceptors (Lipinski definition) is 8. The van der Waals surface area contributed by atoms with Crippen LogP contribution >= 0.6 is 11.3 Å². The number of amides is 1. The summed E-state index contributed by atoms with van der Waals surface area (Å²) < 4.78 is 7.40. The van der Waals surface area contributed by atoms with Crippen LogP contribution in [-0.2, 0) is 0 Å². The van der Waals surface area contributed by atoms with Crippen LogP contribution in [-0.4, -0.2) is 50.6 Å². The van der Waals surface area contributed by atoms with Gasteiger partial charge in [0.05, 0.1) is 24.1 Å². The van der Waals surface area contributed by atoms with Crippen molar-refractivity contribution in [2.24, 2.45) is 0 Å². The highest BCUT2D eigenvalue weighted by Crippen LogP contribution is 2.34. The van der Waals surface area contributed by atoms with E-state index in [1.54, 1.807) is 42.8 Å². The van der Waals surface area contributed by atoms with Crippen LogP contribution in [0, 0.1) is 0 Å². The minimum atomic E-state index is -0.346. The van der Waals surface area contributed by atoms with Gasteiger partial charge in [-0.3, -0.25) is 9.20 Å². The number of aromatic hydroxyl groups is 1. The monoisotopic (exact) mass is 486 g/mol. The molecule has 3 heterocycles. The number of para-hydroxylation sites is 1. The number of rotatable bonds is 8. The Morgan fingerprint density at radius 3 is 2.86 bits per heavy atom. The molecule has 176 valence electrons. The highest BCUT2D eigenvalue weighted by molar-refractivity contribution is 7.15. The first kappa shape index (κ1) is 22.4. The van der Waals surface area contributed by atoms with Crippen LogP contribution in [0.2, 0.25) is 0 Å². The minimum Gasteiger partial charge on any atom is -0.507 e. The average molecular weight is 487 g/mol. The summed E-state index contributed by atoms with van der Waals surface area (Å²) in [6, 6.07) is 16.0. The second-order valence-corrected chi connectivity index (χ2v) is 8.43. The first-order valence-corrected chi connectivity index (χ1v) is 11.8. The Morgan fingerprint density at radius 2 is 2.00 bits per heavy atom. The molecule has 0 aliphatic rings. The molecule has 3 aromatic heterocycles. The Morgan fingerprint density at radius 1 is 1.11 bits per heavy atom. The van der Waals surface area contributed by atoms with Gasteiger partial charge in [0.15, 0.2) is 4.96 Å². The Balaban J connectivity index is 1.34. The fourth-order valence-electron chi connectivity index (χ4n) is 3.69. The number of phenols is 1. The number of methoxy groups -OCH3 is 1. The standard InChI is InChI=1S/C25H22N6O3S/c1-34-17-6-4-5-16(15-17)21-22(31-13-14-35-25(31)30-21)19-9-10-27-24(29-19)28-12-11-26-23(33)18-7-2-3-8-20(18)32/h2-10,13-15,32H,11-12H2,1H3,(H,26,33)(H,27,28,29). The van der Waals surface area contributed by atoms with E-state index in [2.05, 4.69) is 15.6 Å². The normalized spacial score (nSPS) is 10.9. The van der Waals surface area contributed by atoms with E-state index in [0.29, 0.717) is 24.7 Å². The smallest absolute Gasteiger partial charge is 0.255 e. The summed E-state index contributed by atoms with van der Waals surface area (Å²) in [5, 5.41) is 17.7. The molecule has 5 rings (SSSR count). The molecule has 1 amide bonds. The number of fused-ring (bicyclic) bond motifs is 1. The fraction of sp³-hybridized carbons (Fsp3) is 0.120. The molecule has 0 radical (unpaired) electrons. The number of anilines is 1. The van der Waals surface area contributed by atoms with Crippen molar-refractivity contribution in [3.63, 3.8) is 0 Å². The molecule has 0 saturated heterocycles. The van der Waals surface area contributed by atoms with E-state index in [0.717, 1.165) is 27.7 Å². The number of benzene rings is 2. The zero-order valence-corrected chi connectivity index (χ0v) is 19.6. The number of ether oxygens (including phenoxy) is 1. The van der Waals surface area contributed by atoms with Crippen LogP contribution in [0.15, 0.2) is 72.4 Å². The molecule has 9 nitrogen and oxygen atoms in total. The quantitative estimate of drug-likeness (QED) is 0.283. The number of thiazole rings is 1. The summed E-state index contributed by atoms with van der Waals surface area (Å²) in [6.07, 6.45) is 3.65. The van der Waals surface area contributed by atoms with Crippen LogP contribution in [0.4, 0.5) is 5.95 Å². The van der Waals surface area contributed by atoms with Crippen molar-refractivity contribution in [3.05, 3.63) is 77.9 Å². The summed E-state index contributed by atoms with van der Waals surface area (Å²) >= 11 is 1.55. The third kappa shape index (κ3) is 4.64. The molecule has 0 aliphatic heterocycles. The topological polar surface area (TPSA) is 114 Å². The molecule has 10 heteroatoms. The van der Waals surface area contributed by atoms with E-state index in [-0.39, 0.29) is 17.2 Å². The van der Waals surface area contributed by atoms with E-state index in [1.165, 1.54) is 6.07 Å². The summed E-state index contributed by atoms with van der Waals surface area (Å²) in [7, 11) is 1.64. The van der Waals surface area contributed by atoms with Crippen molar-refractivity contribution >= 4 is 28.2 Å². The molecule has 0 atom stereocenters. The number of hydrogen-bond donors (Lipinski definition) is 3. The fourth-order valence-corrected chi connectivity index (χ4v) is 4.40. The van der Waals surface area contributed by atoms with Crippen LogP contribution in [0.5, 0.6) is 11.5 Å². The highest BCUT2D eigenvalue weighted by Gasteiger charge is 2.19. The minimum absolute atomic E-state index is 0.0543. The molecule has 0 fully saturated rings. The first-order chi connectivity index (χ1) is 17.1. The molecule has 0 bridgehead atoms. The van der Waals surface area contributed by atoms with Gasteiger partial charge in [-0.1, -0.05) is 24.3 Å². The van der Waals surface area contributed by atoms with E-state index in [9.17, 15) is 9.90 Å². The maximum atomic E-state index is 12.3. The lowest BCUT2D eigenvalue weighted by Crippen LogP contribution is -2.29. The second-order valence-electron chi connectivity index (χ2n) is 7.56. The molecule has 0 saturated carbocycles. The van der Waals surface area contributed by atoms with Crippen LogP contribution in [0.1, 0.15) is 10.4 Å². The number of phenolic OH excluding ortho intramolecular Hbond substituents is 1.